The lowest BCUT2D eigenvalue weighted by Gasteiger charge is -2.77. The first kappa shape index (κ1) is 26.1. The van der Waals surface area contributed by atoms with Crippen LogP contribution in [-0.4, -0.2) is 56.3 Å². The topological polar surface area (TPSA) is 124 Å². The maximum atomic E-state index is 13.1. The fourth-order valence-corrected chi connectivity index (χ4v) is 11.8. The molecule has 6 rings (SSSR count). The fraction of sp³-hybridized carbons (Fsp3) is 0.933. The van der Waals surface area contributed by atoms with Gasteiger partial charge in [0.25, 0.3) is 0 Å². The van der Waals surface area contributed by atoms with Gasteiger partial charge in [-0.05, 0) is 92.8 Å². The molecule has 7 nitrogen and oxygen atoms in total. The maximum absolute atomic E-state index is 13.1. The molecule has 37 heavy (non-hydrogen) atoms. The minimum absolute atomic E-state index is 0.0403. The molecule has 6 fully saturated rings. The number of ether oxygens (including phenoxy) is 1. The number of hydrogen-bond donors (Lipinski definition) is 4. The van der Waals surface area contributed by atoms with Gasteiger partial charge in [0.1, 0.15) is 11.5 Å². The van der Waals surface area contributed by atoms with Gasteiger partial charge in [0.05, 0.1) is 23.2 Å². The Morgan fingerprint density at radius 3 is 2.14 bits per heavy atom. The van der Waals surface area contributed by atoms with Crippen LogP contribution in [0.25, 0.3) is 0 Å². The molecule has 4 N–H and O–H groups in total. The van der Waals surface area contributed by atoms with Gasteiger partial charge in [0.2, 0.25) is 0 Å². The molecule has 6 aliphatic rings. The molecule has 5 aliphatic carbocycles. The number of hydrogen-bond acceptors (Lipinski definition) is 6. The first-order chi connectivity index (χ1) is 16.9. The Morgan fingerprint density at radius 1 is 0.865 bits per heavy atom. The van der Waals surface area contributed by atoms with Gasteiger partial charge in [-0.15, -0.1) is 0 Å². The van der Waals surface area contributed by atoms with E-state index in [0.29, 0.717) is 25.7 Å². The van der Waals surface area contributed by atoms with E-state index >= 15 is 0 Å². The summed E-state index contributed by atoms with van der Waals surface area (Å²) >= 11 is 0. The summed E-state index contributed by atoms with van der Waals surface area (Å²) in [6, 6.07) is 0. The third-order valence-electron chi connectivity index (χ3n) is 14.1. The van der Waals surface area contributed by atoms with E-state index in [1.54, 1.807) is 6.92 Å². The van der Waals surface area contributed by atoms with Crippen molar-refractivity contribution >= 4 is 11.9 Å². The number of carbonyl (C=O) groups excluding carboxylic acids is 1. The molecular weight excluding hydrogens is 472 g/mol. The van der Waals surface area contributed by atoms with Gasteiger partial charge in [-0.1, -0.05) is 34.6 Å². The Hall–Kier alpha value is -1.18. The average molecular weight is 519 g/mol. The van der Waals surface area contributed by atoms with Crippen molar-refractivity contribution in [1.82, 2.24) is 0 Å². The SMILES string of the molecule is CC1(C)CC[C@]23C(=O)O[C@@H]2C[C@@]2(C)[C@]4(C)CC[C@@H]5[C@](C)(C[C@H](O)[C@H](O)[C@@]5(C)C(=O)O)[C@H]4CC[C@]2(O)[C@@H]3C1. The van der Waals surface area contributed by atoms with Gasteiger partial charge < -0.3 is 25.2 Å². The van der Waals surface area contributed by atoms with Crippen molar-refractivity contribution in [3.05, 3.63) is 0 Å². The number of carbonyl (C=O) groups is 2. The summed E-state index contributed by atoms with van der Waals surface area (Å²) in [7, 11) is 0. The zero-order valence-corrected chi connectivity index (χ0v) is 23.3. The van der Waals surface area contributed by atoms with Crippen LogP contribution in [0.5, 0.6) is 0 Å². The molecule has 1 heterocycles. The summed E-state index contributed by atoms with van der Waals surface area (Å²) in [6.45, 7) is 12.7. The second kappa shape index (κ2) is 7.11. The van der Waals surface area contributed by atoms with Crippen LogP contribution in [0.15, 0.2) is 0 Å². The van der Waals surface area contributed by atoms with Crippen LogP contribution in [-0.2, 0) is 14.3 Å². The Morgan fingerprint density at radius 2 is 1.51 bits per heavy atom. The highest BCUT2D eigenvalue weighted by molar-refractivity contribution is 5.84. The highest BCUT2D eigenvalue weighted by Crippen LogP contribution is 2.79. The number of esters is 1. The second-order valence-corrected chi connectivity index (χ2v) is 15.7. The van der Waals surface area contributed by atoms with Crippen molar-refractivity contribution in [1.29, 1.82) is 0 Å². The second-order valence-electron chi connectivity index (χ2n) is 15.7. The van der Waals surface area contributed by atoms with E-state index in [2.05, 4.69) is 34.6 Å². The minimum atomic E-state index is -1.43. The molecule has 1 aliphatic heterocycles. The number of carboxylic acid groups (broad SMARTS) is 1. The largest absolute Gasteiger partial charge is 0.481 e. The van der Waals surface area contributed by atoms with E-state index in [4.69, 9.17) is 4.74 Å². The molecule has 7 heteroatoms. The van der Waals surface area contributed by atoms with Crippen molar-refractivity contribution in [2.45, 2.75) is 123 Å². The van der Waals surface area contributed by atoms with Crippen LogP contribution in [0, 0.1) is 50.2 Å². The van der Waals surface area contributed by atoms with Gasteiger partial charge in [0, 0.05) is 11.3 Å². The predicted octanol–water partition coefficient (Wildman–Crippen LogP) is 3.91. The van der Waals surface area contributed by atoms with Crippen LogP contribution in [0.4, 0.5) is 0 Å². The molecule has 0 aromatic rings. The van der Waals surface area contributed by atoms with Gasteiger partial charge >= 0.3 is 11.9 Å². The van der Waals surface area contributed by atoms with Crippen molar-refractivity contribution in [3.8, 4) is 0 Å². The first-order valence-electron chi connectivity index (χ1n) is 14.5. The lowest BCUT2D eigenvalue weighted by Crippen LogP contribution is -2.80. The zero-order chi connectivity index (χ0) is 27.2. The van der Waals surface area contributed by atoms with E-state index < -0.39 is 45.4 Å². The fourth-order valence-electron chi connectivity index (χ4n) is 11.8. The first-order valence-corrected chi connectivity index (χ1v) is 14.5. The Bertz CT molecular complexity index is 1060. The van der Waals surface area contributed by atoms with Crippen molar-refractivity contribution < 1.29 is 34.8 Å². The summed E-state index contributed by atoms with van der Waals surface area (Å²) in [6.07, 6.45) is 3.56. The molecule has 0 radical (unpaired) electrons. The van der Waals surface area contributed by atoms with Crippen molar-refractivity contribution in [2.75, 3.05) is 0 Å². The summed E-state index contributed by atoms with van der Waals surface area (Å²) in [5, 5.41) is 45.1. The van der Waals surface area contributed by atoms with Crippen LogP contribution in [0.1, 0.15) is 99.3 Å². The number of fused-ring (bicyclic) bond motifs is 6. The Kier molecular flexibility index (Phi) is 5.01. The van der Waals surface area contributed by atoms with Gasteiger partial charge in [-0.2, -0.15) is 0 Å². The van der Waals surface area contributed by atoms with Crippen LogP contribution in [0.3, 0.4) is 0 Å². The molecule has 5 saturated carbocycles. The number of carboxylic acids is 1. The zero-order valence-electron chi connectivity index (χ0n) is 23.3. The molecule has 1 spiro atoms. The van der Waals surface area contributed by atoms with Crippen molar-refractivity contribution in [3.63, 3.8) is 0 Å². The highest BCUT2D eigenvalue weighted by atomic mass is 16.6. The lowest BCUT2D eigenvalue weighted by molar-refractivity contribution is -0.354. The monoisotopic (exact) mass is 518 g/mol. The number of rotatable bonds is 1. The molecule has 208 valence electrons. The van der Waals surface area contributed by atoms with Gasteiger partial charge in [-0.3, -0.25) is 9.59 Å². The number of aliphatic carboxylic acids is 1. The Labute approximate surface area is 220 Å². The van der Waals surface area contributed by atoms with Crippen LogP contribution in [0.2, 0.25) is 0 Å². The number of aliphatic hydroxyl groups is 3. The van der Waals surface area contributed by atoms with E-state index in [9.17, 15) is 30.0 Å². The molecule has 0 amide bonds. The summed E-state index contributed by atoms with van der Waals surface area (Å²) < 4.78 is 5.88. The summed E-state index contributed by atoms with van der Waals surface area (Å²) in [5.74, 6) is -1.53. The number of aliphatic hydroxyl groups excluding tert-OH is 2. The predicted molar refractivity (Wildman–Crippen MR) is 135 cm³/mol. The minimum Gasteiger partial charge on any atom is -0.481 e. The average Bonchev–Trinajstić information content (AvgIpc) is 2.79. The molecular formula is C30H46O7. The smallest absolute Gasteiger partial charge is 0.316 e. The molecule has 0 aromatic heterocycles. The molecule has 0 bridgehead atoms. The molecule has 0 unspecified atom stereocenters. The van der Waals surface area contributed by atoms with E-state index in [0.717, 1.165) is 32.1 Å². The highest BCUT2D eigenvalue weighted by Gasteiger charge is 2.81. The van der Waals surface area contributed by atoms with E-state index in [1.807, 2.05) is 0 Å². The van der Waals surface area contributed by atoms with Gasteiger partial charge in [-0.25, -0.2) is 0 Å². The third-order valence-corrected chi connectivity index (χ3v) is 14.1. The quantitative estimate of drug-likeness (QED) is 0.388. The van der Waals surface area contributed by atoms with E-state index in [-0.39, 0.29) is 40.7 Å². The van der Waals surface area contributed by atoms with Crippen molar-refractivity contribution in [2.24, 2.45) is 50.2 Å². The normalized spacial score (nSPS) is 59.9. The standard InChI is InChI=1S/C30H46O7/c1-24(2)11-12-29-19(14-24)30(36)10-8-17-25(3)13-16(31)21(32)28(6,22(33)34)18(25)7-9-26(17,4)27(30,5)15-20(29)37-23(29)35/h16-21,31-32,36H,7-15H2,1-6H3,(H,33,34)/t16-,17+,18+,19+,20+,21-,25+,26+,27-,28-,29+,30-/m0/s1. The van der Waals surface area contributed by atoms with Crippen LogP contribution < -0.4 is 0 Å². The summed E-state index contributed by atoms with van der Waals surface area (Å²) in [5.41, 5.74) is -4.34. The maximum Gasteiger partial charge on any atom is 0.316 e. The molecule has 0 aromatic carbocycles. The Balaban J connectivity index is 1.46. The van der Waals surface area contributed by atoms with Crippen LogP contribution >= 0.6 is 0 Å². The summed E-state index contributed by atoms with van der Waals surface area (Å²) in [4.78, 5) is 25.7. The lowest BCUT2D eigenvalue weighted by atomic mass is 9.29. The van der Waals surface area contributed by atoms with E-state index in [1.165, 1.54) is 0 Å². The van der Waals surface area contributed by atoms with Gasteiger partial charge in [0.15, 0.2) is 0 Å². The third kappa shape index (κ3) is 2.66. The molecule has 12 atom stereocenters. The molecule has 1 saturated heterocycles.